The normalized spacial score (nSPS) is 20.7. The minimum Gasteiger partial charge on any atom is -0.370 e. The van der Waals surface area contributed by atoms with Gasteiger partial charge in [0.15, 0.2) is 0 Å². The van der Waals surface area contributed by atoms with Crippen molar-refractivity contribution in [1.82, 2.24) is 15.5 Å². The maximum absolute atomic E-state index is 12.4. The molecule has 7 heteroatoms. The molecule has 0 bridgehead atoms. The third-order valence-corrected chi connectivity index (χ3v) is 5.14. The Hall–Kier alpha value is -2.41. The quantitative estimate of drug-likeness (QED) is 0.775. The monoisotopic (exact) mass is 373 g/mol. The minimum absolute atomic E-state index is 0.0681. The molecule has 0 spiro atoms. The molecule has 0 radical (unpaired) electrons. The molecule has 1 atom stereocenters. The number of carbonyl (C=O) groups is 3. The summed E-state index contributed by atoms with van der Waals surface area (Å²) in [6, 6.07) is 9.81. The van der Waals surface area contributed by atoms with Crippen LogP contribution in [-0.2, 0) is 19.1 Å². The lowest BCUT2D eigenvalue weighted by atomic mass is 9.95. The van der Waals surface area contributed by atoms with Crippen LogP contribution < -0.4 is 10.6 Å². The van der Waals surface area contributed by atoms with Gasteiger partial charge >= 0.3 is 11.8 Å². The van der Waals surface area contributed by atoms with Crippen molar-refractivity contribution in [1.29, 1.82) is 0 Å². The van der Waals surface area contributed by atoms with E-state index in [0.29, 0.717) is 19.7 Å². The molecule has 0 unspecified atom stereocenters. The maximum Gasteiger partial charge on any atom is 0.309 e. The summed E-state index contributed by atoms with van der Waals surface area (Å²) >= 11 is 0. The summed E-state index contributed by atoms with van der Waals surface area (Å²) < 4.78 is 5.75. The number of morpholine rings is 1. The highest BCUT2D eigenvalue weighted by atomic mass is 16.5. The van der Waals surface area contributed by atoms with Crippen LogP contribution in [0.4, 0.5) is 0 Å². The van der Waals surface area contributed by atoms with Crippen LogP contribution >= 0.6 is 0 Å². The Morgan fingerprint density at radius 1 is 1.04 bits per heavy atom. The fourth-order valence-corrected chi connectivity index (χ4v) is 3.59. The van der Waals surface area contributed by atoms with Gasteiger partial charge in [-0.05, 0) is 18.4 Å². The highest BCUT2D eigenvalue weighted by molar-refractivity contribution is 6.35. The van der Waals surface area contributed by atoms with Crippen LogP contribution in [0.2, 0.25) is 0 Å². The molecule has 146 valence electrons. The first-order chi connectivity index (χ1) is 13.1. The molecule has 1 aliphatic carbocycles. The number of amides is 3. The highest BCUT2D eigenvalue weighted by Gasteiger charge is 2.26. The molecule has 1 saturated carbocycles. The molecule has 27 heavy (non-hydrogen) atoms. The predicted octanol–water partition coefficient (Wildman–Crippen LogP) is 1.15. The fourth-order valence-electron chi connectivity index (χ4n) is 3.59. The van der Waals surface area contributed by atoms with Crippen LogP contribution in [0.25, 0.3) is 0 Å². The van der Waals surface area contributed by atoms with Gasteiger partial charge in [0.2, 0.25) is 5.91 Å². The van der Waals surface area contributed by atoms with Crippen molar-refractivity contribution in [3.63, 3.8) is 0 Å². The van der Waals surface area contributed by atoms with Crippen LogP contribution in [0.5, 0.6) is 0 Å². The molecule has 1 saturated heterocycles. The number of rotatable bonds is 4. The average Bonchev–Trinajstić information content (AvgIpc) is 2.73. The van der Waals surface area contributed by atoms with Crippen LogP contribution in [0, 0.1) is 0 Å². The van der Waals surface area contributed by atoms with Gasteiger partial charge in [-0.25, -0.2) is 0 Å². The Kier molecular flexibility index (Phi) is 6.81. The molecular formula is C20H27N3O4. The first kappa shape index (κ1) is 19.4. The number of benzene rings is 1. The molecule has 7 nitrogen and oxygen atoms in total. The second-order valence-corrected chi connectivity index (χ2v) is 7.10. The Bertz CT molecular complexity index is 658. The van der Waals surface area contributed by atoms with Gasteiger partial charge in [-0.1, -0.05) is 49.6 Å². The summed E-state index contributed by atoms with van der Waals surface area (Å²) in [5, 5.41) is 5.20. The zero-order chi connectivity index (χ0) is 19.1. The van der Waals surface area contributed by atoms with Crippen molar-refractivity contribution >= 4 is 17.7 Å². The molecule has 1 heterocycles. The van der Waals surface area contributed by atoms with E-state index in [0.717, 1.165) is 31.2 Å². The molecule has 3 rings (SSSR count). The van der Waals surface area contributed by atoms with Crippen LogP contribution in [0.15, 0.2) is 30.3 Å². The van der Waals surface area contributed by atoms with Crippen molar-refractivity contribution in [3.05, 3.63) is 35.9 Å². The van der Waals surface area contributed by atoms with E-state index in [1.54, 1.807) is 4.90 Å². The molecular weight excluding hydrogens is 346 g/mol. The lowest BCUT2D eigenvalue weighted by molar-refractivity contribution is -0.143. The Balaban J connectivity index is 1.44. The van der Waals surface area contributed by atoms with Crippen LogP contribution in [0.1, 0.15) is 43.8 Å². The largest absolute Gasteiger partial charge is 0.370 e. The second-order valence-electron chi connectivity index (χ2n) is 7.10. The smallest absolute Gasteiger partial charge is 0.309 e. The van der Waals surface area contributed by atoms with Crippen LogP contribution in [-0.4, -0.2) is 54.9 Å². The van der Waals surface area contributed by atoms with Gasteiger partial charge in [-0.3, -0.25) is 14.4 Å². The van der Waals surface area contributed by atoms with E-state index in [1.807, 2.05) is 30.3 Å². The Labute approximate surface area is 159 Å². The zero-order valence-electron chi connectivity index (χ0n) is 15.5. The summed E-state index contributed by atoms with van der Waals surface area (Å²) in [6.45, 7) is 1.18. The van der Waals surface area contributed by atoms with Gasteiger partial charge in [-0.15, -0.1) is 0 Å². The minimum atomic E-state index is -0.748. The van der Waals surface area contributed by atoms with Crippen molar-refractivity contribution in [2.45, 2.75) is 44.2 Å². The van der Waals surface area contributed by atoms with E-state index in [9.17, 15) is 14.4 Å². The SMILES string of the molecule is O=C(NCC(=O)N1CCO[C@@H](c2ccccc2)C1)C(=O)NC1CCCCC1. The van der Waals surface area contributed by atoms with Crippen molar-refractivity contribution < 1.29 is 19.1 Å². The van der Waals surface area contributed by atoms with Crippen molar-refractivity contribution in [3.8, 4) is 0 Å². The van der Waals surface area contributed by atoms with Gasteiger partial charge in [0, 0.05) is 12.6 Å². The van der Waals surface area contributed by atoms with E-state index in [4.69, 9.17) is 4.74 Å². The number of nitrogens with one attached hydrogen (secondary N) is 2. The molecule has 1 aliphatic heterocycles. The van der Waals surface area contributed by atoms with Gasteiger partial charge in [0.1, 0.15) is 6.10 Å². The number of hydrogen-bond acceptors (Lipinski definition) is 4. The molecule has 1 aromatic rings. The predicted molar refractivity (Wildman–Crippen MR) is 99.7 cm³/mol. The topological polar surface area (TPSA) is 87.7 Å². The molecule has 0 aromatic heterocycles. The number of hydrogen-bond donors (Lipinski definition) is 2. The van der Waals surface area contributed by atoms with Gasteiger partial charge in [0.25, 0.3) is 0 Å². The number of nitrogens with zero attached hydrogens (tertiary/aromatic N) is 1. The van der Waals surface area contributed by atoms with E-state index in [-0.39, 0.29) is 24.6 Å². The number of ether oxygens (including phenoxy) is 1. The average molecular weight is 373 g/mol. The van der Waals surface area contributed by atoms with Crippen molar-refractivity contribution in [2.75, 3.05) is 26.2 Å². The van der Waals surface area contributed by atoms with Crippen molar-refractivity contribution in [2.24, 2.45) is 0 Å². The van der Waals surface area contributed by atoms with E-state index in [1.165, 1.54) is 6.42 Å². The maximum atomic E-state index is 12.4. The van der Waals surface area contributed by atoms with Gasteiger partial charge in [-0.2, -0.15) is 0 Å². The highest BCUT2D eigenvalue weighted by Crippen LogP contribution is 2.21. The summed E-state index contributed by atoms with van der Waals surface area (Å²) in [5.41, 5.74) is 1.02. The molecule has 3 amide bonds. The van der Waals surface area contributed by atoms with Gasteiger partial charge in [0.05, 0.1) is 19.7 Å². The lowest BCUT2D eigenvalue weighted by Crippen LogP contribution is -2.50. The second kappa shape index (κ2) is 9.50. The third kappa shape index (κ3) is 5.53. The Morgan fingerprint density at radius 2 is 1.78 bits per heavy atom. The first-order valence-corrected chi connectivity index (χ1v) is 9.66. The van der Waals surface area contributed by atoms with E-state index < -0.39 is 11.8 Å². The summed E-state index contributed by atoms with van der Waals surface area (Å²) in [6.07, 6.45) is 4.97. The van der Waals surface area contributed by atoms with E-state index in [2.05, 4.69) is 10.6 Å². The Morgan fingerprint density at radius 3 is 2.52 bits per heavy atom. The number of carbonyl (C=O) groups excluding carboxylic acids is 3. The zero-order valence-corrected chi connectivity index (χ0v) is 15.5. The summed E-state index contributed by atoms with van der Waals surface area (Å²) in [7, 11) is 0. The fraction of sp³-hybridized carbons (Fsp3) is 0.550. The van der Waals surface area contributed by atoms with Gasteiger partial charge < -0.3 is 20.3 Å². The van der Waals surface area contributed by atoms with E-state index >= 15 is 0 Å². The lowest BCUT2D eigenvalue weighted by Gasteiger charge is -2.33. The molecule has 2 aliphatic rings. The molecule has 2 fully saturated rings. The molecule has 1 aromatic carbocycles. The first-order valence-electron chi connectivity index (χ1n) is 9.66. The molecule has 2 N–H and O–H groups in total. The standard InChI is InChI=1S/C20H27N3O4/c24-18(13-21-19(25)20(26)22-16-9-5-2-6-10-16)23-11-12-27-17(14-23)15-7-3-1-4-8-15/h1,3-4,7-8,16-17H,2,5-6,9-14H2,(H,21,25)(H,22,26)/t17-/m1/s1. The van der Waals surface area contributed by atoms with Crippen LogP contribution in [0.3, 0.4) is 0 Å². The summed E-state index contributed by atoms with van der Waals surface area (Å²) in [4.78, 5) is 38.0. The third-order valence-electron chi connectivity index (χ3n) is 5.14. The summed E-state index contributed by atoms with van der Waals surface area (Å²) in [5.74, 6) is -1.61.